The minimum Gasteiger partial charge on any atom is -0.354 e. The Hall–Kier alpha value is -1.47. The summed E-state index contributed by atoms with van der Waals surface area (Å²) in [6, 6.07) is 4.99. The average molecular weight is 358 g/mol. The summed E-state index contributed by atoms with van der Waals surface area (Å²) in [6.45, 7) is 4.99. The molecule has 0 saturated heterocycles. The van der Waals surface area contributed by atoms with E-state index in [0.717, 1.165) is 12.0 Å². The Morgan fingerprint density at radius 3 is 2.76 bits per heavy atom. The summed E-state index contributed by atoms with van der Waals surface area (Å²) in [4.78, 5) is 21.9. The molecule has 0 aliphatic heterocycles. The van der Waals surface area contributed by atoms with E-state index in [2.05, 4.69) is 26.6 Å². The van der Waals surface area contributed by atoms with Gasteiger partial charge in [-0.05, 0) is 25.0 Å². The second kappa shape index (κ2) is 8.74. The van der Waals surface area contributed by atoms with E-state index in [1.807, 2.05) is 19.9 Å². The third-order valence-corrected chi connectivity index (χ3v) is 3.49. The number of non-ortho nitro benzene ring substituents is 1. The molecule has 0 spiro atoms. The molecule has 1 aromatic carbocycles. The third-order valence-electron chi connectivity index (χ3n) is 3.03. The number of hydrogen-bond acceptors (Lipinski definition) is 4. The monoisotopic (exact) mass is 357 g/mol. The van der Waals surface area contributed by atoms with Crippen LogP contribution in [0.25, 0.3) is 0 Å². The number of hydrogen-bond donors (Lipinski definition) is 2. The van der Waals surface area contributed by atoms with Gasteiger partial charge in [0.15, 0.2) is 0 Å². The Kier molecular flexibility index (Phi) is 7.31. The van der Waals surface area contributed by atoms with Gasteiger partial charge in [-0.1, -0.05) is 22.9 Å². The summed E-state index contributed by atoms with van der Waals surface area (Å²) >= 11 is 3.25. The lowest BCUT2D eigenvalue weighted by molar-refractivity contribution is -0.385. The van der Waals surface area contributed by atoms with Gasteiger partial charge in [0, 0.05) is 42.2 Å². The predicted molar refractivity (Wildman–Crippen MR) is 85.0 cm³/mol. The minimum atomic E-state index is -0.423. The van der Waals surface area contributed by atoms with Gasteiger partial charge in [-0.25, -0.2) is 0 Å². The molecule has 1 aromatic rings. The summed E-state index contributed by atoms with van der Waals surface area (Å²) in [6.07, 6.45) is 1.29. The normalized spacial score (nSPS) is 12.0. The quantitative estimate of drug-likeness (QED) is 0.425. The van der Waals surface area contributed by atoms with Crippen molar-refractivity contribution in [1.29, 1.82) is 0 Å². The lowest BCUT2D eigenvalue weighted by atomic mass is 10.2. The summed E-state index contributed by atoms with van der Waals surface area (Å²) in [5.41, 5.74) is 0.856. The van der Waals surface area contributed by atoms with Crippen molar-refractivity contribution in [2.24, 2.45) is 0 Å². The Morgan fingerprint density at radius 1 is 1.43 bits per heavy atom. The van der Waals surface area contributed by atoms with Crippen molar-refractivity contribution in [3.05, 3.63) is 38.3 Å². The van der Waals surface area contributed by atoms with Gasteiger partial charge in [-0.15, -0.1) is 0 Å². The van der Waals surface area contributed by atoms with Gasteiger partial charge in [0.1, 0.15) is 0 Å². The molecule has 0 aromatic heterocycles. The fourth-order valence-electron chi connectivity index (χ4n) is 1.72. The zero-order valence-electron chi connectivity index (χ0n) is 12.2. The molecule has 21 heavy (non-hydrogen) atoms. The number of carbonyl (C=O) groups is 1. The number of benzene rings is 1. The molecule has 0 heterocycles. The molecule has 1 rings (SSSR count). The molecule has 0 saturated carbocycles. The van der Waals surface area contributed by atoms with Crippen molar-refractivity contribution in [1.82, 2.24) is 10.6 Å². The first-order valence-electron chi connectivity index (χ1n) is 6.86. The number of nitrogens with zero attached hydrogens (tertiary/aromatic N) is 1. The van der Waals surface area contributed by atoms with Gasteiger partial charge in [0.2, 0.25) is 5.91 Å². The van der Waals surface area contributed by atoms with E-state index < -0.39 is 4.92 Å². The van der Waals surface area contributed by atoms with Crippen LogP contribution in [0.2, 0.25) is 0 Å². The Balaban J connectivity index is 2.39. The number of carbonyl (C=O) groups excluding carboxylic acids is 1. The fraction of sp³-hybridized carbons (Fsp3) is 0.500. The molecule has 7 heteroatoms. The number of nitrogens with one attached hydrogen (secondary N) is 2. The highest BCUT2D eigenvalue weighted by molar-refractivity contribution is 9.10. The van der Waals surface area contributed by atoms with Crippen LogP contribution in [0.4, 0.5) is 5.69 Å². The lowest BCUT2D eigenvalue weighted by Crippen LogP contribution is -2.33. The first-order chi connectivity index (χ1) is 9.92. The van der Waals surface area contributed by atoms with Crippen molar-refractivity contribution < 1.29 is 9.72 Å². The molecule has 1 amide bonds. The van der Waals surface area contributed by atoms with Crippen LogP contribution in [0.3, 0.4) is 0 Å². The van der Waals surface area contributed by atoms with E-state index >= 15 is 0 Å². The molecule has 1 atom stereocenters. The van der Waals surface area contributed by atoms with Crippen molar-refractivity contribution in [2.75, 3.05) is 6.54 Å². The van der Waals surface area contributed by atoms with Crippen molar-refractivity contribution in [3.63, 3.8) is 0 Å². The van der Waals surface area contributed by atoms with Crippen LogP contribution in [0.1, 0.15) is 32.3 Å². The van der Waals surface area contributed by atoms with Crippen LogP contribution in [0, 0.1) is 10.1 Å². The SMILES string of the molecule is CCC(C)NC(=O)CCNCc1cc(Br)cc([N+](=O)[O-])c1. The van der Waals surface area contributed by atoms with Crippen LogP contribution < -0.4 is 10.6 Å². The van der Waals surface area contributed by atoms with Crippen LogP contribution in [0.5, 0.6) is 0 Å². The van der Waals surface area contributed by atoms with Gasteiger partial charge in [0.05, 0.1) is 4.92 Å². The summed E-state index contributed by atoms with van der Waals surface area (Å²) < 4.78 is 0.669. The largest absolute Gasteiger partial charge is 0.354 e. The highest BCUT2D eigenvalue weighted by Gasteiger charge is 2.09. The van der Waals surface area contributed by atoms with Crippen LogP contribution in [-0.4, -0.2) is 23.4 Å². The Bertz CT molecular complexity index is 508. The van der Waals surface area contributed by atoms with Crippen LogP contribution in [0.15, 0.2) is 22.7 Å². The molecule has 0 aliphatic carbocycles. The fourth-order valence-corrected chi connectivity index (χ4v) is 2.25. The smallest absolute Gasteiger partial charge is 0.270 e. The molecular formula is C14H20BrN3O3. The summed E-state index contributed by atoms with van der Waals surface area (Å²) in [7, 11) is 0. The maximum atomic E-state index is 11.6. The first kappa shape index (κ1) is 17.6. The third kappa shape index (κ3) is 6.68. The molecule has 6 nitrogen and oxygen atoms in total. The van der Waals surface area contributed by atoms with Gasteiger partial charge in [0.25, 0.3) is 5.69 Å². The standard InChI is InChI=1S/C14H20BrN3O3/c1-3-10(2)17-14(19)4-5-16-9-11-6-12(15)8-13(7-11)18(20)21/h6-8,10,16H,3-5,9H2,1-2H3,(H,17,19). The van der Waals surface area contributed by atoms with Crippen molar-refractivity contribution in [2.45, 2.75) is 39.3 Å². The van der Waals surface area contributed by atoms with Gasteiger partial charge >= 0.3 is 0 Å². The van der Waals surface area contributed by atoms with Gasteiger partial charge in [-0.2, -0.15) is 0 Å². The molecule has 0 aliphatic rings. The summed E-state index contributed by atoms with van der Waals surface area (Å²) in [5, 5.41) is 16.8. The molecule has 1 unspecified atom stereocenters. The maximum absolute atomic E-state index is 11.6. The number of nitro benzene ring substituents is 1. The van der Waals surface area contributed by atoms with Crippen LogP contribution >= 0.6 is 15.9 Å². The zero-order valence-corrected chi connectivity index (χ0v) is 13.8. The number of amides is 1. The highest BCUT2D eigenvalue weighted by atomic mass is 79.9. The Morgan fingerprint density at radius 2 is 2.14 bits per heavy atom. The second-order valence-electron chi connectivity index (χ2n) is 4.88. The maximum Gasteiger partial charge on any atom is 0.270 e. The van der Waals surface area contributed by atoms with E-state index in [9.17, 15) is 14.9 Å². The molecule has 116 valence electrons. The van der Waals surface area contributed by atoms with E-state index in [1.54, 1.807) is 0 Å². The molecule has 0 fully saturated rings. The Labute approximate surface area is 132 Å². The van der Waals surface area contributed by atoms with E-state index in [4.69, 9.17) is 0 Å². The van der Waals surface area contributed by atoms with Gasteiger partial charge < -0.3 is 10.6 Å². The molecule has 0 bridgehead atoms. The predicted octanol–water partition coefficient (Wildman–Crippen LogP) is 2.75. The number of nitro groups is 1. The molecule has 0 radical (unpaired) electrons. The van der Waals surface area contributed by atoms with Crippen LogP contribution in [-0.2, 0) is 11.3 Å². The summed E-state index contributed by atoms with van der Waals surface area (Å²) in [5.74, 6) is 0.0112. The van der Waals surface area contributed by atoms with Crippen molar-refractivity contribution in [3.8, 4) is 0 Å². The van der Waals surface area contributed by atoms with E-state index in [0.29, 0.717) is 24.0 Å². The lowest BCUT2D eigenvalue weighted by Gasteiger charge is -2.11. The second-order valence-corrected chi connectivity index (χ2v) is 5.79. The van der Waals surface area contributed by atoms with E-state index in [1.165, 1.54) is 12.1 Å². The van der Waals surface area contributed by atoms with Crippen molar-refractivity contribution >= 4 is 27.5 Å². The molecule has 2 N–H and O–H groups in total. The first-order valence-corrected chi connectivity index (χ1v) is 7.65. The van der Waals surface area contributed by atoms with Gasteiger partial charge in [-0.3, -0.25) is 14.9 Å². The number of halogens is 1. The number of rotatable bonds is 8. The average Bonchev–Trinajstić information content (AvgIpc) is 2.42. The van der Waals surface area contributed by atoms with E-state index in [-0.39, 0.29) is 17.6 Å². The molecular weight excluding hydrogens is 338 g/mol. The highest BCUT2D eigenvalue weighted by Crippen LogP contribution is 2.21. The topological polar surface area (TPSA) is 84.3 Å². The zero-order chi connectivity index (χ0) is 15.8. The minimum absolute atomic E-state index is 0.0112.